The molecule has 6 heteroatoms. The topological polar surface area (TPSA) is 76.0 Å². The third kappa shape index (κ3) is 3.24. The highest BCUT2D eigenvalue weighted by Gasteiger charge is 2.19. The largest absolute Gasteiger partial charge is 0.348 e. The van der Waals surface area contributed by atoms with E-state index in [2.05, 4.69) is 15.7 Å². The Balaban J connectivity index is 1.42. The van der Waals surface area contributed by atoms with Crippen LogP contribution in [-0.4, -0.2) is 21.6 Å². The Morgan fingerprint density at radius 2 is 1.83 bits per heavy atom. The number of amides is 2. The summed E-state index contributed by atoms with van der Waals surface area (Å²) in [6, 6.07) is 24.6. The fraction of sp³-hybridized carbons (Fsp3) is 0.0417. The first kappa shape index (κ1) is 17.9. The molecule has 3 aromatic carbocycles. The highest BCUT2D eigenvalue weighted by molar-refractivity contribution is 6.06. The van der Waals surface area contributed by atoms with Crippen molar-refractivity contribution in [3.63, 3.8) is 0 Å². The molecule has 2 N–H and O–H groups in total. The Bertz CT molecular complexity index is 1260. The quantitative estimate of drug-likeness (QED) is 0.549. The maximum absolute atomic E-state index is 12.8. The first-order valence-corrected chi connectivity index (χ1v) is 9.61. The molecule has 1 aromatic heterocycles. The molecule has 0 saturated carbocycles. The van der Waals surface area contributed by atoms with Gasteiger partial charge in [0.15, 0.2) is 0 Å². The van der Waals surface area contributed by atoms with E-state index >= 15 is 0 Å². The Morgan fingerprint density at radius 3 is 2.70 bits per heavy atom. The minimum absolute atomic E-state index is 0.116. The van der Waals surface area contributed by atoms with Crippen LogP contribution in [0.5, 0.6) is 0 Å². The third-order valence-electron chi connectivity index (χ3n) is 5.12. The minimum atomic E-state index is -0.247. The van der Waals surface area contributed by atoms with Crippen LogP contribution in [0.15, 0.2) is 85.1 Å². The summed E-state index contributed by atoms with van der Waals surface area (Å²) in [5.41, 5.74) is 5.41. The Hall–Kier alpha value is -4.19. The van der Waals surface area contributed by atoms with E-state index in [1.807, 2.05) is 65.3 Å². The van der Waals surface area contributed by atoms with Gasteiger partial charge in [0.05, 0.1) is 17.6 Å². The van der Waals surface area contributed by atoms with E-state index in [9.17, 15) is 9.59 Å². The van der Waals surface area contributed by atoms with Crippen molar-refractivity contribution in [2.24, 2.45) is 0 Å². The summed E-state index contributed by atoms with van der Waals surface area (Å²) in [6.45, 7) is 0.526. The Labute approximate surface area is 173 Å². The number of anilines is 1. The summed E-state index contributed by atoms with van der Waals surface area (Å²) in [4.78, 5) is 24.7. The van der Waals surface area contributed by atoms with E-state index in [0.717, 1.165) is 22.5 Å². The second-order valence-corrected chi connectivity index (χ2v) is 7.05. The van der Waals surface area contributed by atoms with Gasteiger partial charge in [-0.2, -0.15) is 5.10 Å². The SMILES string of the molecule is O=C(Nc1ccc2c(c1)C(=O)NC2)c1cccc(-n2nccc2-c2ccccc2)c1. The van der Waals surface area contributed by atoms with Gasteiger partial charge in [-0.25, -0.2) is 4.68 Å². The molecular weight excluding hydrogens is 376 g/mol. The first-order valence-electron chi connectivity index (χ1n) is 9.61. The third-order valence-corrected chi connectivity index (χ3v) is 5.12. The summed E-state index contributed by atoms with van der Waals surface area (Å²) < 4.78 is 1.81. The maximum atomic E-state index is 12.8. The van der Waals surface area contributed by atoms with Crippen molar-refractivity contribution in [1.29, 1.82) is 0 Å². The van der Waals surface area contributed by atoms with Gasteiger partial charge in [0, 0.05) is 28.9 Å². The molecule has 30 heavy (non-hydrogen) atoms. The van der Waals surface area contributed by atoms with Crippen molar-refractivity contribution >= 4 is 17.5 Å². The van der Waals surface area contributed by atoms with Gasteiger partial charge in [-0.1, -0.05) is 42.5 Å². The first-order chi connectivity index (χ1) is 14.7. The van der Waals surface area contributed by atoms with Gasteiger partial charge >= 0.3 is 0 Å². The lowest BCUT2D eigenvalue weighted by Gasteiger charge is -2.10. The standard InChI is InChI=1S/C24H18N4O2/c29-23(27-19-10-9-18-15-25-24(30)21(18)14-19)17-7-4-8-20(13-17)28-22(11-12-26-28)16-5-2-1-3-6-16/h1-14H,15H2,(H,25,30)(H,27,29). The van der Waals surface area contributed by atoms with E-state index in [1.165, 1.54) is 0 Å². The van der Waals surface area contributed by atoms with Crippen molar-refractivity contribution in [2.45, 2.75) is 6.54 Å². The van der Waals surface area contributed by atoms with Crippen molar-refractivity contribution in [2.75, 3.05) is 5.32 Å². The van der Waals surface area contributed by atoms with Crippen LogP contribution in [-0.2, 0) is 6.54 Å². The van der Waals surface area contributed by atoms with Crippen LogP contribution >= 0.6 is 0 Å². The molecule has 1 aliphatic rings. The summed E-state index contributed by atoms with van der Waals surface area (Å²) >= 11 is 0. The molecule has 2 heterocycles. The number of rotatable bonds is 4. The highest BCUT2D eigenvalue weighted by atomic mass is 16.2. The molecule has 0 spiro atoms. The van der Waals surface area contributed by atoms with E-state index in [-0.39, 0.29) is 11.8 Å². The second-order valence-electron chi connectivity index (χ2n) is 7.05. The van der Waals surface area contributed by atoms with Crippen LogP contribution in [0, 0.1) is 0 Å². The van der Waals surface area contributed by atoms with E-state index in [1.54, 1.807) is 24.4 Å². The second kappa shape index (κ2) is 7.33. The molecule has 146 valence electrons. The van der Waals surface area contributed by atoms with Gasteiger partial charge < -0.3 is 10.6 Å². The molecule has 0 atom stereocenters. The van der Waals surface area contributed by atoms with E-state index in [4.69, 9.17) is 0 Å². The number of carbonyl (C=O) groups is 2. The number of nitrogens with one attached hydrogen (secondary N) is 2. The lowest BCUT2D eigenvalue weighted by atomic mass is 10.1. The molecule has 4 aromatic rings. The zero-order valence-electron chi connectivity index (χ0n) is 16.0. The zero-order valence-corrected chi connectivity index (χ0v) is 16.0. The van der Waals surface area contributed by atoms with Crippen LogP contribution in [0.25, 0.3) is 16.9 Å². The monoisotopic (exact) mass is 394 g/mol. The molecule has 0 aliphatic carbocycles. The van der Waals surface area contributed by atoms with Crippen LogP contribution in [0.4, 0.5) is 5.69 Å². The predicted molar refractivity (Wildman–Crippen MR) is 115 cm³/mol. The summed E-state index contributed by atoms with van der Waals surface area (Å²) in [7, 11) is 0. The molecule has 6 nitrogen and oxygen atoms in total. The fourth-order valence-corrected chi connectivity index (χ4v) is 3.61. The minimum Gasteiger partial charge on any atom is -0.348 e. The molecule has 0 radical (unpaired) electrons. The number of fused-ring (bicyclic) bond motifs is 1. The van der Waals surface area contributed by atoms with E-state index < -0.39 is 0 Å². The summed E-state index contributed by atoms with van der Waals surface area (Å²) in [6.07, 6.45) is 1.74. The van der Waals surface area contributed by atoms with E-state index in [0.29, 0.717) is 23.4 Å². The lowest BCUT2D eigenvalue weighted by Crippen LogP contribution is -2.14. The molecule has 2 amide bonds. The number of carbonyl (C=O) groups excluding carboxylic acids is 2. The molecule has 0 saturated heterocycles. The van der Waals surface area contributed by atoms with Crippen LogP contribution in [0.1, 0.15) is 26.3 Å². The normalized spacial score (nSPS) is 12.3. The lowest BCUT2D eigenvalue weighted by molar-refractivity contribution is 0.0964. The van der Waals surface area contributed by atoms with Gasteiger partial charge in [0.2, 0.25) is 0 Å². The highest BCUT2D eigenvalue weighted by Crippen LogP contribution is 2.24. The number of nitrogens with zero attached hydrogens (tertiary/aromatic N) is 2. The van der Waals surface area contributed by atoms with Gasteiger partial charge in [-0.15, -0.1) is 0 Å². The van der Waals surface area contributed by atoms with Gasteiger partial charge in [-0.05, 0) is 42.0 Å². The van der Waals surface area contributed by atoms with Crippen molar-refractivity contribution in [1.82, 2.24) is 15.1 Å². The zero-order chi connectivity index (χ0) is 20.5. The summed E-state index contributed by atoms with van der Waals surface area (Å²) in [5.74, 6) is -0.362. The molecule has 1 aliphatic heterocycles. The number of benzene rings is 3. The predicted octanol–water partition coefficient (Wildman–Crippen LogP) is 4.04. The van der Waals surface area contributed by atoms with Crippen LogP contribution in [0.2, 0.25) is 0 Å². The Kier molecular flexibility index (Phi) is 4.37. The number of hydrogen-bond acceptors (Lipinski definition) is 3. The van der Waals surface area contributed by atoms with Crippen molar-refractivity contribution in [3.8, 4) is 16.9 Å². The smallest absolute Gasteiger partial charge is 0.255 e. The van der Waals surface area contributed by atoms with Gasteiger partial charge in [0.1, 0.15) is 0 Å². The average Bonchev–Trinajstić information content (AvgIpc) is 3.42. The maximum Gasteiger partial charge on any atom is 0.255 e. The molecule has 5 rings (SSSR count). The Morgan fingerprint density at radius 1 is 0.967 bits per heavy atom. The fourth-order valence-electron chi connectivity index (χ4n) is 3.61. The molecular formula is C24H18N4O2. The molecule has 0 fully saturated rings. The van der Waals surface area contributed by atoms with Crippen molar-refractivity contribution < 1.29 is 9.59 Å². The number of aromatic nitrogens is 2. The van der Waals surface area contributed by atoms with Gasteiger partial charge in [-0.3, -0.25) is 9.59 Å². The average molecular weight is 394 g/mol. The molecule has 0 bridgehead atoms. The summed E-state index contributed by atoms with van der Waals surface area (Å²) in [5, 5.41) is 10.1. The van der Waals surface area contributed by atoms with Crippen molar-refractivity contribution in [3.05, 3.63) is 102 Å². The van der Waals surface area contributed by atoms with Crippen LogP contribution in [0.3, 0.4) is 0 Å². The van der Waals surface area contributed by atoms with Crippen LogP contribution < -0.4 is 10.6 Å². The van der Waals surface area contributed by atoms with Gasteiger partial charge in [0.25, 0.3) is 11.8 Å². The molecule has 0 unspecified atom stereocenters. The number of hydrogen-bond donors (Lipinski definition) is 2.